The third-order valence-corrected chi connectivity index (χ3v) is 7.92. The van der Waals surface area contributed by atoms with Crippen LogP contribution in [0.2, 0.25) is 0 Å². The summed E-state index contributed by atoms with van der Waals surface area (Å²) >= 11 is 1.44. The van der Waals surface area contributed by atoms with Crippen LogP contribution in [0.25, 0.3) is 6.08 Å². The van der Waals surface area contributed by atoms with Crippen molar-refractivity contribution >= 4 is 34.6 Å². The van der Waals surface area contributed by atoms with E-state index >= 15 is 0 Å². The number of aliphatic imine (C=N–C) groups is 1. The first-order valence-corrected chi connectivity index (χ1v) is 13.9. The maximum atomic E-state index is 13.6. The fraction of sp³-hybridized carbons (Fsp3) is 0.290. The van der Waals surface area contributed by atoms with E-state index in [4.69, 9.17) is 14.5 Å². The van der Waals surface area contributed by atoms with Crippen LogP contribution in [0.3, 0.4) is 0 Å². The Kier molecular flexibility index (Phi) is 10.1. The molecule has 1 atom stereocenters. The van der Waals surface area contributed by atoms with E-state index in [1.807, 2.05) is 89.8 Å². The third-order valence-electron chi connectivity index (χ3n) is 6.91. The second-order valence-corrected chi connectivity index (χ2v) is 10.4. The van der Waals surface area contributed by atoms with E-state index in [2.05, 4.69) is 11.8 Å². The van der Waals surface area contributed by atoms with E-state index in [1.54, 1.807) is 7.11 Å². The molecule has 0 bridgehead atoms. The number of nitrogens with zero attached hydrogens (tertiary/aromatic N) is 3. The number of likely N-dealkylation sites (tertiary alicyclic amines) is 1. The lowest BCUT2D eigenvalue weighted by molar-refractivity contribution is -0.122. The maximum absolute atomic E-state index is 13.6. The summed E-state index contributed by atoms with van der Waals surface area (Å²) in [4.78, 5) is 23.5. The van der Waals surface area contributed by atoms with Gasteiger partial charge >= 0.3 is 0 Å². The highest BCUT2D eigenvalue weighted by atomic mass is 35.5. The van der Waals surface area contributed by atoms with Gasteiger partial charge in [0.2, 0.25) is 0 Å². The average molecular weight is 563 g/mol. The lowest BCUT2D eigenvalue weighted by Crippen LogP contribution is -3.00. The van der Waals surface area contributed by atoms with E-state index in [9.17, 15) is 4.79 Å². The number of benzene rings is 3. The molecule has 0 spiro atoms. The van der Waals surface area contributed by atoms with Crippen LogP contribution in [0, 0.1) is 0 Å². The molecule has 3 aromatic carbocycles. The highest BCUT2D eigenvalue weighted by molar-refractivity contribution is 8.18. The predicted octanol–water partition coefficient (Wildman–Crippen LogP) is 3.37. The number of methoxy groups -OCH3 is 1. The van der Waals surface area contributed by atoms with Crippen LogP contribution in [-0.2, 0) is 11.4 Å². The molecule has 5 rings (SSSR count). The largest absolute Gasteiger partial charge is 1.00 e. The van der Waals surface area contributed by atoms with Crippen molar-refractivity contribution in [3.8, 4) is 11.5 Å². The van der Waals surface area contributed by atoms with Crippen molar-refractivity contribution in [2.45, 2.75) is 32.4 Å². The highest BCUT2D eigenvalue weighted by Gasteiger charge is 2.37. The quantitative estimate of drug-likeness (QED) is 0.374. The van der Waals surface area contributed by atoms with Crippen LogP contribution in [0.5, 0.6) is 11.5 Å². The molecule has 1 amide bonds. The van der Waals surface area contributed by atoms with Crippen LogP contribution in [0.4, 0.5) is 5.69 Å². The number of carbonyl (C=O) groups is 1. The van der Waals surface area contributed by atoms with Crippen LogP contribution in [0.15, 0.2) is 88.8 Å². The molecule has 1 unspecified atom stereocenters. The van der Waals surface area contributed by atoms with Gasteiger partial charge in [-0.15, -0.1) is 0 Å². The lowest BCUT2D eigenvalue weighted by Gasteiger charge is -2.27. The first-order valence-electron chi connectivity index (χ1n) is 13.1. The molecular weight excluding hydrogens is 530 g/mol. The molecule has 0 N–H and O–H groups in total. The van der Waals surface area contributed by atoms with Crippen LogP contribution in [0.1, 0.15) is 30.9 Å². The fourth-order valence-corrected chi connectivity index (χ4v) is 5.81. The Morgan fingerprint density at radius 1 is 1.00 bits per heavy atom. The molecule has 3 aromatic rings. The molecule has 2 aliphatic heterocycles. The number of rotatable bonds is 9. The van der Waals surface area contributed by atoms with Gasteiger partial charge in [0.1, 0.15) is 18.1 Å². The Morgan fingerprint density at radius 2 is 1.72 bits per heavy atom. The SMILES string of the molecule is CCN1CCCC1CN1C(=O)/C(=C\c2ccc(OCc3ccccc3)cc2)SC1=Nc1ccc(OC)cc1.[Cl-]. The van der Waals surface area contributed by atoms with E-state index < -0.39 is 0 Å². The van der Waals surface area contributed by atoms with Gasteiger partial charge in [-0.05, 0) is 91.3 Å². The van der Waals surface area contributed by atoms with Gasteiger partial charge in [0.05, 0.1) is 17.7 Å². The zero-order valence-electron chi connectivity index (χ0n) is 22.3. The molecule has 0 aromatic heterocycles. The number of thioether (sulfide) groups is 1. The van der Waals surface area contributed by atoms with E-state index in [0.29, 0.717) is 24.1 Å². The van der Waals surface area contributed by atoms with Crippen molar-refractivity contribution in [1.29, 1.82) is 0 Å². The Morgan fingerprint density at radius 3 is 2.41 bits per heavy atom. The number of halogens is 1. The van der Waals surface area contributed by atoms with Crippen LogP contribution in [-0.4, -0.2) is 53.7 Å². The minimum Gasteiger partial charge on any atom is -1.00 e. The molecule has 2 heterocycles. The zero-order valence-corrected chi connectivity index (χ0v) is 23.8. The summed E-state index contributed by atoms with van der Waals surface area (Å²) in [6, 6.07) is 25.9. The Balaban J connectivity index is 0.00000353. The van der Waals surface area contributed by atoms with Crippen LogP contribution >= 0.6 is 11.8 Å². The van der Waals surface area contributed by atoms with Crippen molar-refractivity contribution in [3.63, 3.8) is 0 Å². The summed E-state index contributed by atoms with van der Waals surface area (Å²) in [6.45, 7) is 5.43. The summed E-state index contributed by atoms with van der Waals surface area (Å²) in [5.41, 5.74) is 2.87. The molecule has 39 heavy (non-hydrogen) atoms. The second kappa shape index (κ2) is 13.7. The molecule has 2 aliphatic rings. The van der Waals surface area contributed by atoms with E-state index in [0.717, 1.165) is 53.0 Å². The van der Waals surface area contributed by atoms with Gasteiger partial charge in [-0.1, -0.05) is 49.4 Å². The van der Waals surface area contributed by atoms with Gasteiger partial charge in [0.25, 0.3) is 5.91 Å². The van der Waals surface area contributed by atoms with Crippen molar-refractivity contribution in [1.82, 2.24) is 9.80 Å². The number of amidine groups is 1. The minimum atomic E-state index is 0. The molecule has 0 saturated carbocycles. The number of hydrogen-bond donors (Lipinski definition) is 0. The third kappa shape index (κ3) is 7.24. The Bertz CT molecular complexity index is 1300. The smallest absolute Gasteiger partial charge is 0.266 e. The molecule has 0 radical (unpaired) electrons. The highest BCUT2D eigenvalue weighted by Crippen LogP contribution is 2.36. The summed E-state index contributed by atoms with van der Waals surface area (Å²) < 4.78 is 11.2. The zero-order chi connectivity index (χ0) is 26.3. The summed E-state index contributed by atoms with van der Waals surface area (Å²) in [7, 11) is 1.65. The molecule has 6 nitrogen and oxygen atoms in total. The first-order chi connectivity index (χ1) is 18.6. The summed E-state index contributed by atoms with van der Waals surface area (Å²) in [5, 5.41) is 0.720. The van der Waals surface area contributed by atoms with Crippen molar-refractivity contribution < 1.29 is 26.7 Å². The van der Waals surface area contributed by atoms with Gasteiger partial charge < -0.3 is 21.9 Å². The fourth-order valence-electron chi connectivity index (χ4n) is 4.80. The van der Waals surface area contributed by atoms with Gasteiger partial charge in [-0.25, -0.2) is 4.99 Å². The number of hydrogen-bond acceptors (Lipinski definition) is 6. The van der Waals surface area contributed by atoms with Crippen molar-refractivity contribution in [2.24, 2.45) is 4.99 Å². The van der Waals surface area contributed by atoms with Gasteiger partial charge in [0.15, 0.2) is 5.17 Å². The van der Waals surface area contributed by atoms with E-state index in [1.165, 1.54) is 18.2 Å². The normalized spacial score (nSPS) is 19.5. The molecular formula is C31H33ClN3O3S-. The minimum absolute atomic E-state index is 0. The maximum Gasteiger partial charge on any atom is 0.266 e. The van der Waals surface area contributed by atoms with E-state index in [-0.39, 0.29) is 18.3 Å². The molecule has 8 heteroatoms. The van der Waals surface area contributed by atoms with Crippen molar-refractivity contribution in [2.75, 3.05) is 26.7 Å². The predicted molar refractivity (Wildman–Crippen MR) is 155 cm³/mol. The molecule has 204 valence electrons. The second-order valence-electron chi connectivity index (χ2n) is 9.39. The Hall–Kier alpha value is -3.26. The van der Waals surface area contributed by atoms with Crippen LogP contribution < -0.4 is 21.9 Å². The molecule has 2 saturated heterocycles. The van der Waals surface area contributed by atoms with Gasteiger partial charge in [0, 0.05) is 12.6 Å². The molecule has 0 aliphatic carbocycles. The lowest BCUT2D eigenvalue weighted by atomic mass is 10.2. The average Bonchev–Trinajstić information content (AvgIpc) is 3.53. The topological polar surface area (TPSA) is 54.4 Å². The standard InChI is InChI=1S/C31H33N3O3S.ClH/c1-3-33-19-7-10-26(33)21-34-30(35)29(38-31(34)32-25-13-17-27(36-2)18-14-25)20-23-11-15-28(16-12-23)37-22-24-8-5-4-6-9-24;/h4-6,8-9,11-18,20,26H,3,7,10,19,21-22H2,1-2H3;1H/p-1/b29-20+,32-31?;. The van der Waals surface area contributed by atoms with Crippen molar-refractivity contribution in [3.05, 3.63) is 94.9 Å². The number of carbonyl (C=O) groups excluding carboxylic acids is 1. The summed E-state index contributed by atoms with van der Waals surface area (Å²) in [6.07, 6.45) is 4.21. The number of ether oxygens (including phenoxy) is 2. The van der Waals surface area contributed by atoms with Gasteiger partial charge in [-0.2, -0.15) is 0 Å². The first kappa shape index (κ1) is 28.7. The number of amides is 1. The Labute approximate surface area is 241 Å². The monoisotopic (exact) mass is 562 g/mol. The number of likely N-dealkylation sites (N-methyl/N-ethyl adjacent to an activating group) is 1. The van der Waals surface area contributed by atoms with Gasteiger partial charge in [-0.3, -0.25) is 14.6 Å². The molecule has 2 fully saturated rings. The summed E-state index contributed by atoms with van der Waals surface area (Å²) in [5.74, 6) is 1.59.